The molecule has 0 aromatic rings. The van der Waals surface area contributed by atoms with Crippen LogP contribution in [0, 0.1) is 6.92 Å². The van der Waals surface area contributed by atoms with Crippen molar-refractivity contribution in [2.24, 2.45) is 0 Å². The van der Waals surface area contributed by atoms with Crippen molar-refractivity contribution in [3.8, 4) is 0 Å². The Bertz CT molecular complexity index is 83.7. The van der Waals surface area contributed by atoms with E-state index in [4.69, 9.17) is 0 Å². The van der Waals surface area contributed by atoms with E-state index in [0.29, 0.717) is 6.42 Å². The first-order valence-electron chi connectivity index (χ1n) is 3.68. The fourth-order valence-electron chi connectivity index (χ4n) is 0.691. The first-order valence-corrected chi connectivity index (χ1v) is 3.68. The minimum absolute atomic E-state index is 0.616. The Balaban J connectivity index is 3.52. The van der Waals surface area contributed by atoms with Gasteiger partial charge < -0.3 is 10.2 Å². The maximum absolute atomic E-state index is 9.24. The highest BCUT2D eigenvalue weighted by atomic mass is 16.3. The molecule has 0 bridgehead atoms. The van der Waals surface area contributed by atoms with Crippen molar-refractivity contribution in [1.29, 1.82) is 0 Å². The third-order valence-electron chi connectivity index (χ3n) is 1.54. The van der Waals surface area contributed by atoms with E-state index in [-0.39, 0.29) is 0 Å². The van der Waals surface area contributed by atoms with Gasteiger partial charge in [0.1, 0.15) is 0 Å². The van der Waals surface area contributed by atoms with E-state index >= 15 is 0 Å². The summed E-state index contributed by atoms with van der Waals surface area (Å²) in [4.78, 5) is 0. The quantitative estimate of drug-likeness (QED) is 0.622. The molecule has 2 N–H and O–H groups in total. The van der Waals surface area contributed by atoms with Gasteiger partial charge in [-0.2, -0.15) is 0 Å². The number of hydrogen-bond acceptors (Lipinski definition) is 2. The number of hydrogen-bond donors (Lipinski definition) is 2. The summed E-state index contributed by atoms with van der Waals surface area (Å²) in [5, 5.41) is 18.5. The second-order valence-corrected chi connectivity index (χ2v) is 3.17. The topological polar surface area (TPSA) is 40.5 Å². The largest absolute Gasteiger partial charge is 0.390 e. The summed E-state index contributed by atoms with van der Waals surface area (Å²) >= 11 is 0. The normalized spacial score (nSPS) is 15.3. The maximum atomic E-state index is 9.24. The Kier molecular flexibility index (Phi) is 3.91. The highest BCUT2D eigenvalue weighted by Gasteiger charge is 2.22. The minimum atomic E-state index is -0.963. The molecule has 10 heavy (non-hydrogen) atoms. The van der Waals surface area contributed by atoms with Gasteiger partial charge in [-0.1, -0.05) is 19.8 Å². The summed E-state index contributed by atoms with van der Waals surface area (Å²) < 4.78 is 0. The molecule has 0 aliphatic rings. The lowest BCUT2D eigenvalue weighted by molar-refractivity contribution is -0.0518. The molecule has 0 heterocycles. The van der Waals surface area contributed by atoms with Crippen LogP contribution in [0.3, 0.4) is 0 Å². The molecule has 2 heteroatoms. The lowest BCUT2D eigenvalue weighted by Crippen LogP contribution is -2.35. The summed E-state index contributed by atoms with van der Waals surface area (Å²) in [7, 11) is 0. The van der Waals surface area contributed by atoms with Crippen LogP contribution < -0.4 is 0 Å². The van der Waals surface area contributed by atoms with Gasteiger partial charge in [0, 0.05) is 0 Å². The van der Waals surface area contributed by atoms with Crippen molar-refractivity contribution in [2.75, 3.05) is 0 Å². The Morgan fingerprint density at radius 3 is 2.30 bits per heavy atom. The number of aliphatic hydroxyl groups is 2. The Morgan fingerprint density at radius 2 is 2.00 bits per heavy atom. The highest BCUT2D eigenvalue weighted by Crippen LogP contribution is 2.13. The molecule has 0 aliphatic heterocycles. The van der Waals surface area contributed by atoms with Crippen LogP contribution in [0.5, 0.6) is 0 Å². The molecule has 0 aromatic carbocycles. The SMILES string of the molecule is [CH2]CCCC(O)C(C)(C)O. The molecule has 61 valence electrons. The zero-order valence-corrected chi connectivity index (χ0v) is 6.80. The van der Waals surface area contributed by atoms with Gasteiger partial charge in [-0.25, -0.2) is 0 Å². The molecule has 0 amide bonds. The smallest absolute Gasteiger partial charge is 0.0849 e. The molecule has 0 aromatic heterocycles. The molecule has 1 atom stereocenters. The van der Waals surface area contributed by atoms with Gasteiger partial charge in [0.15, 0.2) is 0 Å². The van der Waals surface area contributed by atoms with Crippen LogP contribution >= 0.6 is 0 Å². The second-order valence-electron chi connectivity index (χ2n) is 3.17. The van der Waals surface area contributed by atoms with Crippen LogP contribution in [-0.2, 0) is 0 Å². The molecule has 0 saturated carbocycles. The van der Waals surface area contributed by atoms with E-state index in [0.717, 1.165) is 12.8 Å². The first-order chi connectivity index (χ1) is 4.48. The molecule has 2 nitrogen and oxygen atoms in total. The first kappa shape index (κ1) is 9.92. The van der Waals surface area contributed by atoms with Crippen molar-refractivity contribution in [3.05, 3.63) is 6.92 Å². The van der Waals surface area contributed by atoms with Crippen LogP contribution in [0.1, 0.15) is 33.1 Å². The molecule has 0 spiro atoms. The fourth-order valence-corrected chi connectivity index (χ4v) is 0.691. The van der Waals surface area contributed by atoms with Gasteiger partial charge in [0.2, 0.25) is 0 Å². The molecule has 0 saturated heterocycles. The lowest BCUT2D eigenvalue weighted by atomic mass is 9.97. The van der Waals surface area contributed by atoms with E-state index in [1.165, 1.54) is 0 Å². The third kappa shape index (κ3) is 3.85. The molecular weight excluding hydrogens is 128 g/mol. The second kappa shape index (κ2) is 3.94. The molecule has 1 radical (unpaired) electrons. The highest BCUT2D eigenvalue weighted by molar-refractivity contribution is 4.75. The maximum Gasteiger partial charge on any atom is 0.0849 e. The van der Waals surface area contributed by atoms with Gasteiger partial charge in [0.25, 0.3) is 0 Å². The third-order valence-corrected chi connectivity index (χ3v) is 1.54. The number of unbranched alkanes of at least 4 members (excludes halogenated alkanes) is 1. The number of aliphatic hydroxyl groups excluding tert-OH is 1. The Hall–Kier alpha value is -0.0800. The fraction of sp³-hybridized carbons (Fsp3) is 0.875. The van der Waals surface area contributed by atoms with Crippen molar-refractivity contribution >= 4 is 0 Å². The van der Waals surface area contributed by atoms with E-state index < -0.39 is 11.7 Å². The Morgan fingerprint density at radius 1 is 1.50 bits per heavy atom. The molecule has 1 unspecified atom stereocenters. The van der Waals surface area contributed by atoms with E-state index in [9.17, 15) is 10.2 Å². The molecule has 0 rings (SSSR count). The average molecular weight is 145 g/mol. The van der Waals surface area contributed by atoms with Gasteiger partial charge in [-0.15, -0.1) is 0 Å². The van der Waals surface area contributed by atoms with Crippen LogP contribution in [0.2, 0.25) is 0 Å². The van der Waals surface area contributed by atoms with E-state index in [1.807, 2.05) is 0 Å². The summed E-state index contributed by atoms with van der Waals surface area (Å²) in [6.07, 6.45) is 1.69. The van der Waals surface area contributed by atoms with Crippen molar-refractivity contribution in [1.82, 2.24) is 0 Å². The van der Waals surface area contributed by atoms with Gasteiger partial charge >= 0.3 is 0 Å². The van der Waals surface area contributed by atoms with Gasteiger partial charge in [-0.05, 0) is 20.3 Å². The van der Waals surface area contributed by atoms with Gasteiger partial charge in [0.05, 0.1) is 11.7 Å². The molecular formula is C8H17O2. The summed E-state index contributed by atoms with van der Waals surface area (Å²) in [5.41, 5.74) is -0.963. The monoisotopic (exact) mass is 145 g/mol. The van der Waals surface area contributed by atoms with Crippen LogP contribution in [0.15, 0.2) is 0 Å². The average Bonchev–Trinajstić information content (AvgIpc) is 1.80. The van der Waals surface area contributed by atoms with Crippen LogP contribution in [0.25, 0.3) is 0 Å². The predicted molar refractivity (Wildman–Crippen MR) is 41.5 cm³/mol. The zero-order valence-electron chi connectivity index (χ0n) is 6.80. The van der Waals surface area contributed by atoms with Gasteiger partial charge in [-0.3, -0.25) is 0 Å². The standard InChI is InChI=1S/C8H17O2/c1-4-5-6-7(9)8(2,3)10/h7,9-10H,1,4-6H2,2-3H3. The summed E-state index contributed by atoms with van der Waals surface area (Å²) in [6.45, 7) is 6.87. The van der Waals surface area contributed by atoms with Crippen molar-refractivity contribution < 1.29 is 10.2 Å². The molecule has 0 fully saturated rings. The minimum Gasteiger partial charge on any atom is -0.390 e. The predicted octanol–water partition coefficient (Wildman–Crippen LogP) is 1.12. The number of rotatable bonds is 4. The van der Waals surface area contributed by atoms with Crippen molar-refractivity contribution in [2.45, 2.75) is 44.8 Å². The van der Waals surface area contributed by atoms with Crippen LogP contribution in [-0.4, -0.2) is 21.9 Å². The van der Waals surface area contributed by atoms with E-state index in [2.05, 4.69) is 6.92 Å². The molecule has 0 aliphatic carbocycles. The summed E-state index contributed by atoms with van der Waals surface area (Å²) in [6, 6.07) is 0. The van der Waals surface area contributed by atoms with E-state index in [1.54, 1.807) is 13.8 Å². The summed E-state index contributed by atoms with van der Waals surface area (Å²) in [5.74, 6) is 0. The van der Waals surface area contributed by atoms with Crippen molar-refractivity contribution in [3.63, 3.8) is 0 Å². The zero-order chi connectivity index (χ0) is 8.20. The Labute approximate surface area is 62.9 Å². The lowest BCUT2D eigenvalue weighted by Gasteiger charge is -2.23. The van der Waals surface area contributed by atoms with Crippen LogP contribution in [0.4, 0.5) is 0 Å².